The van der Waals surface area contributed by atoms with Gasteiger partial charge < -0.3 is 14.5 Å². The summed E-state index contributed by atoms with van der Waals surface area (Å²) in [6, 6.07) is 17.6. The summed E-state index contributed by atoms with van der Waals surface area (Å²) in [5.74, 6) is 0.698. The van der Waals surface area contributed by atoms with Crippen LogP contribution >= 0.6 is 0 Å². The van der Waals surface area contributed by atoms with Crippen molar-refractivity contribution in [3.8, 4) is 5.75 Å². The van der Waals surface area contributed by atoms with E-state index in [0.717, 1.165) is 11.4 Å². The Morgan fingerprint density at radius 2 is 1.71 bits per heavy atom. The average molecular weight is 533 g/mol. The topological polar surface area (TPSA) is 91.8 Å². The number of benzene rings is 2. The Bertz CT molecular complexity index is 1540. The van der Waals surface area contributed by atoms with Gasteiger partial charge in [-0.15, -0.1) is 0 Å². The molecule has 3 aromatic rings. The molecule has 2 heterocycles. The number of carbonyl (C=O) groups excluding carboxylic acids is 1. The first-order valence-corrected chi connectivity index (χ1v) is 13.7. The van der Waals surface area contributed by atoms with Crippen LogP contribution in [0.5, 0.6) is 5.75 Å². The maximum Gasteiger partial charge on any atom is 0.264 e. The fourth-order valence-electron chi connectivity index (χ4n) is 4.85. The van der Waals surface area contributed by atoms with E-state index in [1.54, 1.807) is 43.5 Å². The van der Waals surface area contributed by atoms with Gasteiger partial charge in [-0.2, -0.15) is 0 Å². The highest BCUT2D eigenvalue weighted by Gasteiger charge is 2.34. The average Bonchev–Trinajstić information content (AvgIpc) is 2.89. The number of amides is 1. The van der Waals surface area contributed by atoms with Crippen LogP contribution in [-0.2, 0) is 10.0 Å². The predicted molar refractivity (Wildman–Crippen MR) is 152 cm³/mol. The molecule has 1 saturated heterocycles. The number of anilines is 2. The van der Waals surface area contributed by atoms with Gasteiger partial charge >= 0.3 is 0 Å². The van der Waals surface area contributed by atoms with Crippen LogP contribution in [0, 0.1) is 0 Å². The SMILES string of the molecule is C=C/C(=c1/ncccc1=C)S(=O)(=O)Nc1ccc(C(=O)N2[C@H](C)CN(c3ccccc3OC)C[C@@H]2C)cc1. The molecule has 1 aromatic heterocycles. The third kappa shape index (κ3) is 5.43. The molecule has 38 heavy (non-hydrogen) atoms. The van der Waals surface area contributed by atoms with Gasteiger partial charge in [-0.25, -0.2) is 8.42 Å². The first-order valence-electron chi connectivity index (χ1n) is 12.3. The Hall–Kier alpha value is -4.11. The third-order valence-electron chi connectivity index (χ3n) is 6.56. The number of aromatic nitrogens is 1. The smallest absolute Gasteiger partial charge is 0.264 e. The molecule has 198 valence electrons. The van der Waals surface area contributed by atoms with Gasteiger partial charge in [0.05, 0.1) is 18.1 Å². The molecule has 2 aromatic carbocycles. The molecule has 1 aliphatic heterocycles. The summed E-state index contributed by atoms with van der Waals surface area (Å²) in [7, 11) is -2.32. The molecule has 0 unspecified atom stereocenters. The fourth-order valence-corrected chi connectivity index (χ4v) is 6.06. The lowest BCUT2D eigenvalue weighted by Crippen LogP contribution is -2.58. The minimum Gasteiger partial charge on any atom is -0.495 e. The van der Waals surface area contributed by atoms with Crippen molar-refractivity contribution >= 4 is 38.8 Å². The molecule has 8 nitrogen and oxygen atoms in total. The maximum absolute atomic E-state index is 13.5. The highest BCUT2D eigenvalue weighted by Crippen LogP contribution is 2.31. The number of piperazine rings is 1. The number of hydrogen-bond acceptors (Lipinski definition) is 6. The lowest BCUT2D eigenvalue weighted by Gasteiger charge is -2.45. The van der Waals surface area contributed by atoms with Crippen LogP contribution in [0.25, 0.3) is 11.5 Å². The largest absolute Gasteiger partial charge is 0.495 e. The standard InChI is InChI=1S/C29H32N4O4S/c1-6-27(28-20(2)10-9-17-30-28)38(35,36)31-24-15-13-23(14-16-24)29(34)33-21(3)18-32(19-22(33)4)25-11-7-8-12-26(25)37-5/h6-17,21-22,31H,1-2,18-19H2,3-5H3/b28-27-/t21-,22+. The van der Waals surface area contributed by atoms with Gasteiger partial charge in [0.25, 0.3) is 15.9 Å². The van der Waals surface area contributed by atoms with Gasteiger partial charge in [0.15, 0.2) is 0 Å². The van der Waals surface area contributed by atoms with E-state index in [4.69, 9.17) is 4.74 Å². The van der Waals surface area contributed by atoms with E-state index < -0.39 is 10.0 Å². The number of carbonyl (C=O) groups is 1. The quantitative estimate of drug-likeness (QED) is 0.503. The Labute approximate surface area is 223 Å². The molecule has 9 heteroatoms. The van der Waals surface area contributed by atoms with Crippen molar-refractivity contribution < 1.29 is 17.9 Å². The molecule has 0 aliphatic carbocycles. The number of nitrogens with one attached hydrogen (secondary N) is 1. The molecule has 0 saturated carbocycles. The van der Waals surface area contributed by atoms with E-state index in [1.807, 2.05) is 43.0 Å². The van der Waals surface area contributed by atoms with Crippen molar-refractivity contribution in [2.75, 3.05) is 29.8 Å². The van der Waals surface area contributed by atoms with Crippen LogP contribution in [0.4, 0.5) is 11.4 Å². The Morgan fingerprint density at radius 3 is 2.32 bits per heavy atom. The van der Waals surface area contributed by atoms with Gasteiger partial charge in [-0.05, 0) is 67.6 Å². The molecule has 4 rings (SSSR count). The van der Waals surface area contributed by atoms with E-state index in [9.17, 15) is 13.2 Å². The molecule has 1 amide bonds. The van der Waals surface area contributed by atoms with Gasteiger partial charge in [-0.1, -0.05) is 31.4 Å². The Balaban J connectivity index is 1.51. The summed E-state index contributed by atoms with van der Waals surface area (Å²) in [6.07, 6.45) is 2.74. The van der Waals surface area contributed by atoms with Crippen molar-refractivity contribution in [3.05, 3.63) is 95.6 Å². The molecule has 2 atom stereocenters. The minimum absolute atomic E-state index is 0.0469. The molecule has 1 N–H and O–H groups in total. The van der Waals surface area contributed by atoms with Crippen LogP contribution in [0.15, 0.2) is 79.5 Å². The summed E-state index contributed by atoms with van der Waals surface area (Å²) >= 11 is 0. The minimum atomic E-state index is -3.98. The first kappa shape index (κ1) is 26.9. The normalized spacial score (nSPS) is 18.5. The van der Waals surface area contributed by atoms with Gasteiger partial charge in [0.1, 0.15) is 10.7 Å². The number of methoxy groups -OCH3 is 1. The molecule has 1 aliphatic rings. The number of rotatable bonds is 7. The molecule has 1 fully saturated rings. The summed E-state index contributed by atoms with van der Waals surface area (Å²) < 4.78 is 34.2. The van der Waals surface area contributed by atoms with Crippen molar-refractivity contribution in [2.24, 2.45) is 0 Å². The second kappa shape index (κ2) is 11.1. The van der Waals surface area contributed by atoms with Crippen LogP contribution in [-0.4, -0.2) is 56.5 Å². The number of pyridine rings is 1. The first-order chi connectivity index (χ1) is 18.2. The number of hydrogen-bond donors (Lipinski definition) is 1. The molecular formula is C29H32N4O4S. The van der Waals surface area contributed by atoms with Crippen molar-refractivity contribution in [2.45, 2.75) is 25.9 Å². The Morgan fingerprint density at radius 1 is 1.05 bits per heavy atom. The predicted octanol–water partition coefficient (Wildman–Crippen LogP) is 2.98. The highest BCUT2D eigenvalue weighted by atomic mass is 32.2. The highest BCUT2D eigenvalue weighted by molar-refractivity contribution is 8.01. The summed E-state index contributed by atoms with van der Waals surface area (Å²) in [5, 5.41) is 0.708. The van der Waals surface area contributed by atoms with Crippen molar-refractivity contribution in [1.29, 1.82) is 0 Å². The van der Waals surface area contributed by atoms with Crippen molar-refractivity contribution in [3.63, 3.8) is 0 Å². The second-order valence-corrected chi connectivity index (χ2v) is 10.9. The molecule has 0 bridgehead atoms. The fraction of sp³-hybridized carbons (Fsp3) is 0.241. The van der Waals surface area contributed by atoms with Gasteiger partial charge in [0, 0.05) is 42.6 Å². The second-order valence-electron chi connectivity index (χ2n) is 9.25. The van der Waals surface area contributed by atoms with Gasteiger partial charge in [0.2, 0.25) is 0 Å². The van der Waals surface area contributed by atoms with E-state index >= 15 is 0 Å². The maximum atomic E-state index is 13.5. The third-order valence-corrected chi connectivity index (χ3v) is 8.01. The van der Waals surface area contributed by atoms with E-state index in [-0.39, 0.29) is 28.2 Å². The summed E-state index contributed by atoms with van der Waals surface area (Å²) in [6.45, 7) is 12.9. The van der Waals surface area contributed by atoms with Crippen LogP contribution in [0.2, 0.25) is 0 Å². The monoisotopic (exact) mass is 532 g/mol. The lowest BCUT2D eigenvalue weighted by atomic mass is 10.0. The zero-order valence-corrected chi connectivity index (χ0v) is 22.6. The lowest BCUT2D eigenvalue weighted by molar-refractivity contribution is 0.0574. The zero-order chi connectivity index (χ0) is 27.4. The van der Waals surface area contributed by atoms with Crippen LogP contribution < -0.4 is 24.9 Å². The molecule has 0 radical (unpaired) electrons. The molecule has 0 spiro atoms. The van der Waals surface area contributed by atoms with Crippen molar-refractivity contribution in [1.82, 2.24) is 9.88 Å². The number of para-hydroxylation sites is 2. The number of ether oxygens (including phenoxy) is 1. The van der Waals surface area contributed by atoms with Crippen LogP contribution in [0.1, 0.15) is 24.2 Å². The van der Waals surface area contributed by atoms with E-state index in [0.29, 0.717) is 29.6 Å². The summed E-state index contributed by atoms with van der Waals surface area (Å²) in [4.78, 5) is 21.7. The Kier molecular flexibility index (Phi) is 7.87. The zero-order valence-electron chi connectivity index (χ0n) is 21.8. The number of nitrogens with zero attached hydrogens (tertiary/aromatic N) is 3. The summed E-state index contributed by atoms with van der Waals surface area (Å²) in [5.41, 5.74) is 1.81. The molecular weight excluding hydrogens is 500 g/mol. The van der Waals surface area contributed by atoms with Gasteiger partial charge in [-0.3, -0.25) is 14.5 Å². The van der Waals surface area contributed by atoms with Crippen LogP contribution in [0.3, 0.4) is 0 Å². The van der Waals surface area contributed by atoms with E-state index in [1.165, 1.54) is 12.3 Å². The number of sulfonamides is 1. The van der Waals surface area contributed by atoms with E-state index in [2.05, 4.69) is 27.8 Å².